The van der Waals surface area contributed by atoms with Gasteiger partial charge in [0.25, 0.3) is 0 Å². The second kappa shape index (κ2) is 13.7. The lowest BCUT2D eigenvalue weighted by atomic mass is 9.61. The van der Waals surface area contributed by atoms with Gasteiger partial charge in [-0.25, -0.2) is 14.8 Å². The lowest BCUT2D eigenvalue weighted by molar-refractivity contribution is -0.154. The Bertz CT molecular complexity index is 1740. The number of nitrogens with zero attached hydrogens (tertiary/aromatic N) is 3. The van der Waals surface area contributed by atoms with Gasteiger partial charge in [-0.1, -0.05) is 69.3 Å². The zero-order chi connectivity index (χ0) is 36.9. The molecule has 2 heterocycles. The Morgan fingerprint density at radius 2 is 1.71 bits per heavy atom. The standard InChI is InChI=1S/C42H59N5O4/c1-28-20-21-34-40(5,6)42(34,35(28)46(9)45(7)8)37(49)41(25-29-16-11-10-12-17-29)22-15-23-47(27-41)36(48)33(44-38(50)51-39(2,3)4)24-30-26-43-32-19-14-13-18-31(30)32/h10-14,16-19,26,28,33-35,43H,15,20-25,27H2,1-9H3,(H,44,50)/t28?,33-,34?,35?,41+,42?/m1/s1. The van der Waals surface area contributed by atoms with E-state index in [1.54, 1.807) is 0 Å². The van der Waals surface area contributed by atoms with Crippen molar-refractivity contribution in [1.82, 2.24) is 25.2 Å². The first-order chi connectivity index (χ1) is 24.0. The quantitative estimate of drug-likeness (QED) is 0.225. The predicted molar refractivity (Wildman–Crippen MR) is 202 cm³/mol. The third-order valence-corrected chi connectivity index (χ3v) is 12.6. The molecule has 2 aromatic carbocycles. The number of rotatable bonds is 10. The maximum Gasteiger partial charge on any atom is 0.408 e. The van der Waals surface area contributed by atoms with Crippen LogP contribution in [0.4, 0.5) is 4.79 Å². The number of ketones is 1. The number of aromatic nitrogens is 1. The highest BCUT2D eigenvalue weighted by atomic mass is 16.6. The van der Waals surface area contributed by atoms with E-state index in [-0.39, 0.29) is 23.3 Å². The Hall–Kier alpha value is -3.69. The second-order valence-corrected chi connectivity index (χ2v) is 17.5. The number of alkyl carbamates (subject to hydrolysis) is 1. The monoisotopic (exact) mass is 697 g/mol. The minimum absolute atomic E-state index is 0.0518. The number of likely N-dealkylation sites (tertiary alicyclic amines) is 1. The van der Waals surface area contributed by atoms with Gasteiger partial charge in [-0.3, -0.25) is 9.59 Å². The van der Waals surface area contributed by atoms with Crippen molar-refractivity contribution in [2.75, 3.05) is 34.2 Å². The highest BCUT2D eigenvalue weighted by Gasteiger charge is 2.81. The summed E-state index contributed by atoms with van der Waals surface area (Å²) >= 11 is 0. The summed E-state index contributed by atoms with van der Waals surface area (Å²) in [6, 6.07) is 17.5. The minimum atomic E-state index is -0.868. The molecule has 1 saturated heterocycles. The number of Topliss-reactive ketones (excluding diaryl/α,β-unsaturated/α-hetero) is 1. The molecule has 6 rings (SSSR count). The van der Waals surface area contributed by atoms with Crippen LogP contribution in [0.3, 0.4) is 0 Å². The van der Waals surface area contributed by atoms with E-state index in [1.165, 1.54) is 0 Å². The molecule has 3 fully saturated rings. The predicted octanol–water partition coefficient (Wildman–Crippen LogP) is 6.87. The topological polar surface area (TPSA) is 98.0 Å². The first kappa shape index (κ1) is 37.1. The third kappa shape index (κ3) is 6.72. The second-order valence-electron chi connectivity index (χ2n) is 17.5. The summed E-state index contributed by atoms with van der Waals surface area (Å²) in [4.78, 5) is 49.2. The normalized spacial score (nSPS) is 28.0. The van der Waals surface area contributed by atoms with Crippen molar-refractivity contribution in [3.8, 4) is 0 Å². The van der Waals surface area contributed by atoms with E-state index >= 15 is 4.79 Å². The minimum Gasteiger partial charge on any atom is -0.444 e. The van der Waals surface area contributed by atoms with Crippen molar-refractivity contribution >= 4 is 28.7 Å². The Morgan fingerprint density at radius 3 is 2.39 bits per heavy atom. The molecule has 6 atom stereocenters. The number of H-pyrrole nitrogens is 1. The fourth-order valence-corrected chi connectivity index (χ4v) is 10.2. The van der Waals surface area contributed by atoms with Crippen LogP contribution in [0.2, 0.25) is 0 Å². The van der Waals surface area contributed by atoms with Crippen LogP contribution in [0.15, 0.2) is 60.8 Å². The fourth-order valence-electron chi connectivity index (χ4n) is 10.2. The molecule has 2 saturated carbocycles. The molecule has 276 valence electrons. The molecule has 0 spiro atoms. The van der Waals surface area contributed by atoms with Crippen LogP contribution >= 0.6 is 0 Å². The van der Waals surface area contributed by atoms with Crippen LogP contribution in [0.25, 0.3) is 10.9 Å². The third-order valence-electron chi connectivity index (χ3n) is 12.6. The largest absolute Gasteiger partial charge is 0.444 e. The van der Waals surface area contributed by atoms with E-state index in [1.807, 2.05) is 74.3 Å². The van der Waals surface area contributed by atoms with Gasteiger partial charge in [0, 0.05) is 63.8 Å². The van der Waals surface area contributed by atoms with E-state index < -0.39 is 28.6 Å². The lowest BCUT2D eigenvalue weighted by Crippen LogP contribution is -2.62. The molecule has 1 aromatic heterocycles. The van der Waals surface area contributed by atoms with Crippen molar-refractivity contribution < 1.29 is 19.1 Å². The number of piperidine rings is 1. The molecule has 2 N–H and O–H groups in total. The van der Waals surface area contributed by atoms with Gasteiger partial charge in [-0.2, -0.15) is 0 Å². The van der Waals surface area contributed by atoms with E-state index in [9.17, 15) is 9.59 Å². The van der Waals surface area contributed by atoms with Gasteiger partial charge in [0.05, 0.1) is 10.8 Å². The summed E-state index contributed by atoms with van der Waals surface area (Å²) < 4.78 is 5.66. The number of hydrogen-bond acceptors (Lipinski definition) is 6. The number of para-hydroxylation sites is 1. The van der Waals surface area contributed by atoms with Crippen LogP contribution in [0, 0.1) is 28.1 Å². The molecule has 2 aliphatic carbocycles. The molecule has 9 nitrogen and oxygen atoms in total. The number of carbonyl (C=O) groups is 3. The Balaban J connectivity index is 1.38. The van der Waals surface area contributed by atoms with Crippen molar-refractivity contribution in [2.24, 2.45) is 28.1 Å². The Morgan fingerprint density at radius 1 is 1.02 bits per heavy atom. The number of carbonyl (C=O) groups excluding carboxylic acids is 3. The number of aromatic amines is 1. The van der Waals surface area contributed by atoms with Crippen molar-refractivity contribution in [1.29, 1.82) is 0 Å². The van der Waals surface area contributed by atoms with Gasteiger partial charge >= 0.3 is 6.09 Å². The van der Waals surface area contributed by atoms with Gasteiger partial charge in [-0.05, 0) is 87.3 Å². The van der Waals surface area contributed by atoms with Crippen LogP contribution < -0.4 is 5.32 Å². The number of hydrogen-bond donors (Lipinski definition) is 2. The summed E-state index contributed by atoms with van der Waals surface area (Å²) in [6.07, 6.45) is 5.71. The number of benzene rings is 2. The van der Waals surface area contributed by atoms with Crippen LogP contribution in [-0.4, -0.2) is 89.6 Å². The van der Waals surface area contributed by atoms with E-state index in [4.69, 9.17) is 4.74 Å². The molecule has 1 aliphatic heterocycles. The van der Waals surface area contributed by atoms with Crippen LogP contribution in [0.5, 0.6) is 0 Å². The molecule has 3 aliphatic rings. The SMILES string of the molecule is CC1CCC2C(C)(C)C2(C(=O)[C@]2(Cc3ccccc3)CCCN(C(=O)[C@@H](Cc3c[nH]c4ccccc34)NC(=O)OC(C)(C)C)C2)C1N(C)N(C)C. The van der Waals surface area contributed by atoms with E-state index in [2.05, 4.69) is 74.4 Å². The lowest BCUT2D eigenvalue weighted by Gasteiger charge is -2.50. The molecule has 0 radical (unpaired) electrons. The maximum absolute atomic E-state index is 15.9. The molecular formula is C42H59N5O4. The highest BCUT2D eigenvalue weighted by Crippen LogP contribution is 2.78. The number of hydrazine groups is 1. The number of amides is 2. The van der Waals surface area contributed by atoms with Gasteiger partial charge in [0.1, 0.15) is 17.4 Å². The fraction of sp³-hybridized carbons (Fsp3) is 0.595. The average Bonchev–Trinajstić information content (AvgIpc) is 3.34. The smallest absolute Gasteiger partial charge is 0.408 e. The summed E-state index contributed by atoms with van der Waals surface area (Å²) in [5, 5.41) is 8.39. The van der Waals surface area contributed by atoms with E-state index in [0.717, 1.165) is 34.9 Å². The van der Waals surface area contributed by atoms with Gasteiger partial charge in [-0.15, -0.1) is 0 Å². The number of ether oxygens (including phenoxy) is 1. The van der Waals surface area contributed by atoms with Crippen molar-refractivity contribution in [3.05, 3.63) is 71.9 Å². The van der Waals surface area contributed by atoms with Gasteiger partial charge < -0.3 is 19.9 Å². The molecule has 9 heteroatoms. The zero-order valence-electron chi connectivity index (χ0n) is 32.2. The molecule has 3 aromatic rings. The van der Waals surface area contributed by atoms with Gasteiger partial charge in [0.15, 0.2) is 0 Å². The summed E-state index contributed by atoms with van der Waals surface area (Å²) in [6.45, 7) is 13.2. The zero-order valence-corrected chi connectivity index (χ0v) is 32.2. The summed E-state index contributed by atoms with van der Waals surface area (Å²) in [5.41, 5.74) is 0.813. The van der Waals surface area contributed by atoms with Crippen molar-refractivity contribution in [3.63, 3.8) is 0 Å². The first-order valence-corrected chi connectivity index (χ1v) is 18.8. The first-order valence-electron chi connectivity index (χ1n) is 18.8. The average molecular weight is 698 g/mol. The van der Waals surface area contributed by atoms with Crippen LogP contribution in [-0.2, 0) is 27.2 Å². The molecule has 2 amide bonds. The van der Waals surface area contributed by atoms with Gasteiger partial charge in [0.2, 0.25) is 5.91 Å². The van der Waals surface area contributed by atoms with Crippen molar-refractivity contribution in [2.45, 2.75) is 97.8 Å². The Kier molecular flexibility index (Phi) is 9.96. The molecule has 4 unspecified atom stereocenters. The van der Waals surface area contributed by atoms with Crippen LogP contribution in [0.1, 0.15) is 78.4 Å². The number of fused-ring (bicyclic) bond motifs is 2. The molecule has 51 heavy (non-hydrogen) atoms. The Labute approximate surface area is 304 Å². The summed E-state index contributed by atoms with van der Waals surface area (Å²) in [7, 11) is 6.26. The maximum atomic E-state index is 15.9. The molecule has 0 bridgehead atoms. The number of nitrogens with one attached hydrogen (secondary N) is 2. The molecular weight excluding hydrogens is 638 g/mol. The highest BCUT2D eigenvalue weighted by molar-refractivity contribution is 5.97. The summed E-state index contributed by atoms with van der Waals surface area (Å²) in [5.74, 6) is 0.750. The van der Waals surface area contributed by atoms with E-state index in [0.29, 0.717) is 50.5 Å².